The van der Waals surface area contributed by atoms with Crippen LogP contribution in [0.3, 0.4) is 0 Å². The van der Waals surface area contributed by atoms with Crippen LogP contribution in [-0.2, 0) is 30.3 Å². The lowest BCUT2D eigenvalue weighted by Gasteiger charge is -2.46. The molecule has 0 bridgehead atoms. The number of hydrogen-bond donors (Lipinski definition) is 4. The Kier molecular flexibility index (Phi) is 12.5. The van der Waals surface area contributed by atoms with E-state index in [1.807, 2.05) is 49.4 Å². The molecule has 0 radical (unpaired) electrons. The van der Waals surface area contributed by atoms with Gasteiger partial charge in [0.1, 0.15) is 17.9 Å². The maximum absolute atomic E-state index is 14.1. The predicted molar refractivity (Wildman–Crippen MR) is 226 cm³/mol. The number of carbonyl (C=O) groups is 5. The quantitative estimate of drug-likeness (QED) is 0.131. The van der Waals surface area contributed by atoms with Crippen molar-refractivity contribution in [1.82, 2.24) is 45.1 Å². The minimum atomic E-state index is -0.802. The fourth-order valence-electron chi connectivity index (χ4n) is 8.96. The summed E-state index contributed by atoms with van der Waals surface area (Å²) < 4.78 is 16.5. The summed E-state index contributed by atoms with van der Waals surface area (Å²) in [6, 6.07) is 14.7. The predicted octanol–water partition coefficient (Wildman–Crippen LogP) is 5.63. The fourth-order valence-corrected chi connectivity index (χ4v) is 8.96. The molecule has 2 aromatic heterocycles. The molecule has 0 aliphatic carbocycles. The zero-order valence-corrected chi connectivity index (χ0v) is 35.9. The Hall–Kier alpha value is -6.26. The monoisotopic (exact) mass is 839 g/mol. The molecule has 326 valence electrons. The summed E-state index contributed by atoms with van der Waals surface area (Å²) >= 11 is 0. The highest BCUT2D eigenvalue weighted by atomic mass is 16.5. The van der Waals surface area contributed by atoms with E-state index in [2.05, 4.69) is 63.3 Å². The average Bonchev–Trinajstić information content (AvgIpc) is 4.01. The molecule has 1 spiro atoms. The van der Waals surface area contributed by atoms with Gasteiger partial charge in [-0.1, -0.05) is 76.2 Å². The number of aromatic nitrogens is 4. The van der Waals surface area contributed by atoms with Crippen molar-refractivity contribution in [2.24, 2.45) is 17.3 Å². The molecule has 3 aliphatic rings. The van der Waals surface area contributed by atoms with Crippen LogP contribution in [0.25, 0.3) is 33.6 Å². The minimum Gasteiger partial charge on any atom is -0.453 e. The molecule has 17 heteroatoms. The van der Waals surface area contributed by atoms with Gasteiger partial charge in [0.25, 0.3) is 0 Å². The summed E-state index contributed by atoms with van der Waals surface area (Å²) in [6.45, 7) is 10.2. The van der Waals surface area contributed by atoms with Gasteiger partial charge in [0.2, 0.25) is 11.8 Å². The zero-order valence-electron chi connectivity index (χ0n) is 35.9. The number of hydrogen-bond acceptors (Lipinski definition) is 9. The molecular weight excluding hydrogens is 783 g/mol. The van der Waals surface area contributed by atoms with Crippen LogP contribution in [0, 0.1) is 17.3 Å². The number of methoxy groups -OCH3 is 3. The first-order valence-electron chi connectivity index (χ1n) is 20.9. The number of carbonyl (C=O) groups excluding carboxylic acids is 5. The topological polar surface area (TPSA) is 196 Å². The zero-order chi connectivity index (χ0) is 43.6. The lowest BCUT2D eigenvalue weighted by molar-refractivity contribution is -0.136. The van der Waals surface area contributed by atoms with Crippen molar-refractivity contribution in [2.75, 3.05) is 47.5 Å². The second-order valence-corrected chi connectivity index (χ2v) is 17.2. The standard InChI is InChI=1S/C44H57N9O8/c1-26(2)36(47-41(56)59-5)39(54)52-18-8-9-32(52)21-51-22-34(49-51)31-16-12-29(13-17-31)28-10-14-30(15-11-28)33-20-45-38(46-33)35-19-44(23-50(24-44)43(58)61-7)25-53(35)40(55)37(27(3)4)48-42(57)60-6/h10-17,20,22,26-27,32,35-37,49H,8-9,18-19,21,23-25H2,1-7H3,(H,45,46)(H,47,56)(H,48,57)/t32-,35?,36-,37-/m0/s1. The van der Waals surface area contributed by atoms with Crippen LogP contribution in [0.4, 0.5) is 14.4 Å². The molecule has 5 amide bonds. The number of nitrogens with one attached hydrogen (secondary N) is 4. The molecule has 5 heterocycles. The van der Waals surface area contributed by atoms with Gasteiger partial charge in [0.05, 0.1) is 57.5 Å². The Morgan fingerprint density at radius 2 is 1.28 bits per heavy atom. The molecule has 3 aliphatic heterocycles. The second-order valence-electron chi connectivity index (χ2n) is 17.2. The summed E-state index contributed by atoms with van der Waals surface area (Å²) in [6.07, 6.45) is 4.55. The van der Waals surface area contributed by atoms with Crippen molar-refractivity contribution in [1.29, 1.82) is 0 Å². The third-order valence-electron chi connectivity index (χ3n) is 12.3. The van der Waals surface area contributed by atoms with E-state index in [4.69, 9.17) is 19.2 Å². The van der Waals surface area contributed by atoms with Crippen LogP contribution in [0.5, 0.6) is 0 Å². The number of alkyl carbamates (subject to hydrolysis) is 2. The first kappa shape index (κ1) is 42.8. The van der Waals surface area contributed by atoms with Gasteiger partial charge < -0.3 is 44.5 Å². The van der Waals surface area contributed by atoms with Gasteiger partial charge in [-0.25, -0.2) is 19.4 Å². The third kappa shape index (κ3) is 8.96. The van der Waals surface area contributed by atoms with Crippen molar-refractivity contribution in [3.05, 3.63) is 66.7 Å². The molecule has 1 unspecified atom stereocenters. The van der Waals surface area contributed by atoms with E-state index in [-0.39, 0.29) is 35.1 Å². The Bertz CT molecular complexity index is 2190. The molecule has 7 rings (SSSR count). The molecule has 61 heavy (non-hydrogen) atoms. The van der Waals surface area contributed by atoms with E-state index in [1.165, 1.54) is 21.3 Å². The molecule has 2 aromatic carbocycles. The Labute approximate surface area is 355 Å². The highest BCUT2D eigenvalue weighted by Crippen LogP contribution is 2.48. The van der Waals surface area contributed by atoms with Crippen molar-refractivity contribution in [3.63, 3.8) is 0 Å². The number of imidazole rings is 1. The fraction of sp³-hybridized carbons (Fsp3) is 0.500. The van der Waals surface area contributed by atoms with Crippen LogP contribution in [0.1, 0.15) is 58.8 Å². The van der Waals surface area contributed by atoms with Gasteiger partial charge in [0, 0.05) is 43.4 Å². The van der Waals surface area contributed by atoms with Gasteiger partial charge in [-0.05, 0) is 47.8 Å². The van der Waals surface area contributed by atoms with E-state index in [1.54, 1.807) is 16.0 Å². The largest absolute Gasteiger partial charge is 0.453 e. The second kappa shape index (κ2) is 17.8. The molecule has 4 aromatic rings. The summed E-state index contributed by atoms with van der Waals surface area (Å²) in [5.74, 6) is 0.0490. The Morgan fingerprint density at radius 1 is 0.754 bits per heavy atom. The molecule has 3 fully saturated rings. The van der Waals surface area contributed by atoms with E-state index >= 15 is 0 Å². The summed E-state index contributed by atoms with van der Waals surface area (Å²) in [5.41, 5.74) is 5.56. The maximum Gasteiger partial charge on any atom is 0.409 e. The van der Waals surface area contributed by atoms with E-state index in [9.17, 15) is 24.0 Å². The number of benzene rings is 2. The van der Waals surface area contributed by atoms with Crippen molar-refractivity contribution in [3.8, 4) is 33.6 Å². The lowest BCUT2D eigenvalue weighted by atomic mass is 9.78. The lowest BCUT2D eigenvalue weighted by Crippen LogP contribution is -2.60. The molecule has 3 saturated heterocycles. The number of likely N-dealkylation sites (tertiary alicyclic amines) is 3. The Balaban J connectivity index is 0.996. The van der Waals surface area contributed by atoms with E-state index in [0.717, 1.165) is 46.5 Å². The van der Waals surface area contributed by atoms with Gasteiger partial charge >= 0.3 is 18.3 Å². The number of rotatable bonds is 12. The molecule has 17 nitrogen and oxygen atoms in total. The summed E-state index contributed by atoms with van der Waals surface area (Å²) in [7, 11) is 3.92. The van der Waals surface area contributed by atoms with Crippen molar-refractivity contribution in [2.45, 2.75) is 77.7 Å². The number of nitrogens with zero attached hydrogens (tertiary/aromatic N) is 5. The van der Waals surface area contributed by atoms with Crippen molar-refractivity contribution >= 4 is 30.1 Å². The van der Waals surface area contributed by atoms with Crippen LogP contribution in [-0.4, -0.2) is 130 Å². The molecule has 0 saturated carbocycles. The van der Waals surface area contributed by atoms with Crippen LogP contribution in [0.15, 0.2) is 60.9 Å². The van der Waals surface area contributed by atoms with Crippen molar-refractivity contribution < 1.29 is 38.2 Å². The van der Waals surface area contributed by atoms with Crippen LogP contribution < -0.4 is 10.6 Å². The third-order valence-corrected chi connectivity index (χ3v) is 12.3. The average molecular weight is 840 g/mol. The highest BCUT2D eigenvalue weighted by Gasteiger charge is 2.56. The van der Waals surface area contributed by atoms with Crippen LogP contribution in [0.2, 0.25) is 0 Å². The number of H-pyrrole nitrogens is 2. The first-order chi connectivity index (χ1) is 29.2. The highest BCUT2D eigenvalue weighted by molar-refractivity contribution is 5.87. The molecule has 4 atom stereocenters. The van der Waals surface area contributed by atoms with Crippen LogP contribution >= 0.6 is 0 Å². The van der Waals surface area contributed by atoms with Gasteiger partial charge in [0.15, 0.2) is 0 Å². The SMILES string of the molecule is COC(=O)N[C@H](C(=O)N1CC2(CC1c1ncc(-c3ccc(-c4ccc(-c5cn(C[C@@H]6CCCN6C(=O)[C@@H](NC(=O)OC)C(C)C)[nH]5)cc4)cc3)[nH]1)CN(C(=O)OC)C2)C(C)C. The molecular formula is C44H57N9O8. The smallest absolute Gasteiger partial charge is 0.409 e. The molecule has 4 N–H and O–H groups in total. The van der Waals surface area contributed by atoms with Gasteiger partial charge in [-0.2, -0.15) is 0 Å². The van der Waals surface area contributed by atoms with Gasteiger partial charge in [-0.15, -0.1) is 0 Å². The minimum absolute atomic E-state index is 0.0262. The normalized spacial score (nSPS) is 19.2. The van der Waals surface area contributed by atoms with E-state index < -0.39 is 36.4 Å². The summed E-state index contributed by atoms with van der Waals surface area (Å²) in [4.78, 5) is 77.4. The Morgan fingerprint density at radius 3 is 1.80 bits per heavy atom. The number of aromatic amines is 2. The summed E-state index contributed by atoms with van der Waals surface area (Å²) in [5, 5.41) is 8.84. The van der Waals surface area contributed by atoms with Gasteiger partial charge in [-0.3, -0.25) is 19.4 Å². The number of ether oxygens (including phenoxy) is 3. The first-order valence-corrected chi connectivity index (χ1v) is 20.9. The van der Waals surface area contributed by atoms with E-state index in [0.29, 0.717) is 45.0 Å². The number of amides is 5. The maximum atomic E-state index is 14.1.